The molecule has 3 N–H and O–H groups in total. The van der Waals surface area contributed by atoms with Crippen LogP contribution < -0.4 is 0 Å². The average molecular weight is 375 g/mol. The van der Waals surface area contributed by atoms with Crippen molar-refractivity contribution < 1.29 is 20.1 Å². The van der Waals surface area contributed by atoms with Gasteiger partial charge in [0.1, 0.15) is 11.7 Å². The fourth-order valence-electron chi connectivity index (χ4n) is 3.30. The van der Waals surface area contributed by atoms with Gasteiger partial charge in [0, 0.05) is 6.61 Å². The van der Waals surface area contributed by atoms with Crippen LogP contribution in [0.4, 0.5) is 0 Å². The lowest BCUT2D eigenvalue weighted by Gasteiger charge is -2.32. The Kier molecular flexibility index (Phi) is 18.1. The van der Waals surface area contributed by atoms with E-state index in [1.807, 2.05) is 0 Å². The molecule has 4 heteroatoms. The summed E-state index contributed by atoms with van der Waals surface area (Å²) in [6.07, 6.45) is 16.1. The van der Waals surface area contributed by atoms with E-state index in [1.54, 1.807) is 0 Å². The lowest BCUT2D eigenvalue weighted by molar-refractivity contribution is -0.138. The van der Waals surface area contributed by atoms with Crippen molar-refractivity contribution in [3.8, 4) is 0 Å². The number of ether oxygens (including phenoxy) is 1. The van der Waals surface area contributed by atoms with Gasteiger partial charge in [0.15, 0.2) is 0 Å². The van der Waals surface area contributed by atoms with E-state index in [4.69, 9.17) is 4.74 Å². The summed E-state index contributed by atoms with van der Waals surface area (Å²) in [5.41, 5.74) is -1.32. The van der Waals surface area contributed by atoms with E-state index in [9.17, 15) is 15.3 Å². The van der Waals surface area contributed by atoms with Crippen LogP contribution in [0.1, 0.15) is 110 Å². The fraction of sp³-hybridized carbons (Fsp3) is 1.00. The van der Waals surface area contributed by atoms with Gasteiger partial charge in [-0.2, -0.15) is 0 Å². The zero-order valence-electron chi connectivity index (χ0n) is 17.6. The van der Waals surface area contributed by atoms with Gasteiger partial charge in [-0.15, -0.1) is 0 Å². The van der Waals surface area contributed by atoms with Crippen LogP contribution in [0.15, 0.2) is 0 Å². The molecule has 158 valence electrons. The summed E-state index contributed by atoms with van der Waals surface area (Å²) in [5.74, 6) is 0. The Balaban J connectivity index is 3.85. The molecule has 0 rings (SSSR count). The minimum atomic E-state index is -1.32. The molecule has 0 aliphatic carbocycles. The van der Waals surface area contributed by atoms with Gasteiger partial charge in [0.05, 0.1) is 13.2 Å². The second-order valence-electron chi connectivity index (χ2n) is 7.85. The van der Waals surface area contributed by atoms with E-state index >= 15 is 0 Å². The highest BCUT2D eigenvalue weighted by molar-refractivity contribution is 4.86. The van der Waals surface area contributed by atoms with Gasteiger partial charge in [-0.05, 0) is 12.8 Å². The molecule has 0 saturated heterocycles. The van der Waals surface area contributed by atoms with Gasteiger partial charge in [-0.1, -0.05) is 97.3 Å². The van der Waals surface area contributed by atoms with Crippen molar-refractivity contribution in [1.29, 1.82) is 0 Å². The number of aliphatic hydroxyl groups excluding tert-OH is 2. The molecule has 0 amide bonds. The van der Waals surface area contributed by atoms with Gasteiger partial charge in [-0.3, -0.25) is 0 Å². The van der Waals surface area contributed by atoms with Gasteiger partial charge >= 0.3 is 0 Å². The molecule has 0 aromatic rings. The number of hydrogen-bond donors (Lipinski definition) is 3. The molecule has 26 heavy (non-hydrogen) atoms. The highest BCUT2D eigenvalue weighted by Crippen LogP contribution is 2.21. The summed E-state index contributed by atoms with van der Waals surface area (Å²) in [4.78, 5) is 0. The normalized spacial score (nSPS) is 15.1. The summed E-state index contributed by atoms with van der Waals surface area (Å²) in [6, 6.07) is 0. The van der Waals surface area contributed by atoms with E-state index in [1.165, 1.54) is 64.2 Å². The molecular formula is C22H46O4. The van der Waals surface area contributed by atoms with Crippen molar-refractivity contribution >= 4 is 0 Å². The zero-order chi connectivity index (χ0) is 19.5. The fourth-order valence-corrected chi connectivity index (χ4v) is 3.30. The second-order valence-corrected chi connectivity index (χ2v) is 7.85. The summed E-state index contributed by atoms with van der Waals surface area (Å²) in [6.45, 7) is 4.74. The molecule has 0 spiro atoms. The van der Waals surface area contributed by atoms with Crippen LogP contribution >= 0.6 is 0 Å². The van der Waals surface area contributed by atoms with Gasteiger partial charge < -0.3 is 20.1 Å². The maximum absolute atomic E-state index is 10.7. The molecule has 2 unspecified atom stereocenters. The Labute approximate surface area is 162 Å². The Morgan fingerprint density at radius 2 is 1.19 bits per heavy atom. The molecule has 0 saturated carbocycles. The van der Waals surface area contributed by atoms with E-state index in [0.717, 1.165) is 25.7 Å². The van der Waals surface area contributed by atoms with Crippen molar-refractivity contribution in [2.24, 2.45) is 0 Å². The number of aliphatic hydroxyl groups is 3. The number of unbranched alkanes of at least 4 members (excludes halogenated alkanes) is 12. The molecule has 0 heterocycles. The van der Waals surface area contributed by atoms with Crippen LogP contribution in [0.5, 0.6) is 0 Å². The highest BCUT2D eigenvalue weighted by Gasteiger charge is 2.35. The SMILES string of the molecule is CCCCCCCCCOCC(O)(CCCCCCCCC)C(O)CO. The molecular weight excluding hydrogens is 328 g/mol. The van der Waals surface area contributed by atoms with Crippen LogP contribution in [-0.4, -0.2) is 46.8 Å². The summed E-state index contributed by atoms with van der Waals surface area (Å²) >= 11 is 0. The summed E-state index contributed by atoms with van der Waals surface area (Å²) in [7, 11) is 0. The zero-order valence-corrected chi connectivity index (χ0v) is 17.6. The Morgan fingerprint density at radius 1 is 0.731 bits per heavy atom. The third-order valence-electron chi connectivity index (χ3n) is 5.25. The van der Waals surface area contributed by atoms with Crippen LogP contribution in [0, 0.1) is 0 Å². The van der Waals surface area contributed by atoms with Crippen LogP contribution in [0.3, 0.4) is 0 Å². The third-order valence-corrected chi connectivity index (χ3v) is 5.25. The topological polar surface area (TPSA) is 69.9 Å². The van der Waals surface area contributed by atoms with Crippen molar-refractivity contribution in [1.82, 2.24) is 0 Å². The Bertz CT molecular complexity index is 285. The first-order chi connectivity index (χ1) is 12.6. The van der Waals surface area contributed by atoms with Crippen molar-refractivity contribution in [3.63, 3.8) is 0 Å². The highest BCUT2D eigenvalue weighted by atomic mass is 16.5. The minimum absolute atomic E-state index is 0.112. The summed E-state index contributed by atoms with van der Waals surface area (Å²) < 4.78 is 5.64. The van der Waals surface area contributed by atoms with Crippen LogP contribution in [0.25, 0.3) is 0 Å². The van der Waals surface area contributed by atoms with E-state index in [0.29, 0.717) is 13.0 Å². The van der Waals surface area contributed by atoms with Crippen molar-refractivity contribution in [2.45, 2.75) is 122 Å². The molecule has 0 aromatic heterocycles. The van der Waals surface area contributed by atoms with Gasteiger partial charge in [0.2, 0.25) is 0 Å². The first kappa shape index (κ1) is 25.8. The predicted octanol–water partition coefficient (Wildman–Crippen LogP) is 4.98. The predicted molar refractivity (Wildman–Crippen MR) is 109 cm³/mol. The lowest BCUT2D eigenvalue weighted by Crippen LogP contribution is -2.48. The Hall–Kier alpha value is -0.160. The molecule has 0 fully saturated rings. The molecule has 0 aliphatic rings. The van der Waals surface area contributed by atoms with Crippen molar-refractivity contribution in [3.05, 3.63) is 0 Å². The van der Waals surface area contributed by atoms with Crippen LogP contribution in [-0.2, 0) is 4.74 Å². The smallest absolute Gasteiger partial charge is 0.116 e. The van der Waals surface area contributed by atoms with E-state index in [-0.39, 0.29) is 6.61 Å². The van der Waals surface area contributed by atoms with E-state index < -0.39 is 18.3 Å². The lowest BCUT2D eigenvalue weighted by atomic mass is 9.91. The maximum atomic E-state index is 10.7. The van der Waals surface area contributed by atoms with E-state index in [2.05, 4.69) is 13.8 Å². The summed E-state index contributed by atoms with van der Waals surface area (Å²) in [5, 5.41) is 29.9. The molecule has 0 aliphatic heterocycles. The Morgan fingerprint density at radius 3 is 1.69 bits per heavy atom. The number of hydrogen-bond acceptors (Lipinski definition) is 4. The molecule has 0 bridgehead atoms. The van der Waals surface area contributed by atoms with Crippen LogP contribution in [0.2, 0.25) is 0 Å². The number of rotatable bonds is 20. The standard InChI is InChI=1S/C22H46O4/c1-3-5-7-9-11-13-15-17-22(25,21(24)19-23)20-26-18-16-14-12-10-8-6-4-2/h21,23-25H,3-20H2,1-2H3. The third kappa shape index (κ3) is 14.0. The molecule has 0 aromatic carbocycles. The largest absolute Gasteiger partial charge is 0.394 e. The first-order valence-electron chi connectivity index (χ1n) is 11.2. The minimum Gasteiger partial charge on any atom is -0.394 e. The maximum Gasteiger partial charge on any atom is 0.116 e. The monoisotopic (exact) mass is 374 g/mol. The molecule has 0 radical (unpaired) electrons. The quantitative estimate of drug-likeness (QED) is 0.263. The first-order valence-corrected chi connectivity index (χ1v) is 11.2. The van der Waals surface area contributed by atoms with Crippen molar-refractivity contribution in [2.75, 3.05) is 19.8 Å². The molecule has 2 atom stereocenters. The second kappa shape index (κ2) is 18.2. The van der Waals surface area contributed by atoms with Gasteiger partial charge in [0.25, 0.3) is 0 Å². The van der Waals surface area contributed by atoms with Gasteiger partial charge in [-0.25, -0.2) is 0 Å². The molecule has 4 nitrogen and oxygen atoms in total. The average Bonchev–Trinajstić information content (AvgIpc) is 2.65.